The molecule has 0 spiro atoms. The molecule has 24 heavy (non-hydrogen) atoms. The number of amides is 3. The van der Waals surface area contributed by atoms with E-state index < -0.39 is 29.4 Å². The molecule has 0 bridgehead atoms. The number of hydrogen-bond donors (Lipinski definition) is 3. The van der Waals surface area contributed by atoms with Crippen LogP contribution in [0.15, 0.2) is 24.3 Å². The molecule has 0 saturated carbocycles. The highest BCUT2D eigenvalue weighted by Crippen LogP contribution is 2.29. The molecule has 1 aromatic carbocycles. The highest BCUT2D eigenvalue weighted by molar-refractivity contribution is 5.84. The molecular weight excluding hydrogens is 323 g/mol. The molecule has 1 atom stereocenters. The van der Waals surface area contributed by atoms with E-state index in [0.29, 0.717) is 5.56 Å². The van der Waals surface area contributed by atoms with Crippen LogP contribution in [0.3, 0.4) is 0 Å². The summed E-state index contributed by atoms with van der Waals surface area (Å²) in [4.78, 5) is 23.3. The van der Waals surface area contributed by atoms with Crippen LogP contribution in [-0.2, 0) is 11.0 Å². The number of nitrogens with one attached hydrogen (secondary N) is 3. The van der Waals surface area contributed by atoms with Crippen LogP contribution < -0.4 is 16.0 Å². The zero-order chi connectivity index (χ0) is 18.5. The van der Waals surface area contributed by atoms with Crippen molar-refractivity contribution < 1.29 is 22.8 Å². The monoisotopic (exact) mass is 345 g/mol. The standard InChI is InChI=1S/C16H22F3N3O2/c1-10(11-5-7-12(8-6-11)16(17,18)19)21-14(24)20-9-13(23)22-15(2,3)4/h5-8,10H,9H2,1-4H3,(H,22,23)(H2,20,21,24)/t10-/m0/s1. The van der Waals surface area contributed by atoms with Crippen LogP contribution in [0.2, 0.25) is 0 Å². The number of alkyl halides is 3. The van der Waals surface area contributed by atoms with E-state index in [1.54, 1.807) is 6.92 Å². The maximum Gasteiger partial charge on any atom is 0.416 e. The third-order valence-corrected chi connectivity index (χ3v) is 3.01. The van der Waals surface area contributed by atoms with Crippen molar-refractivity contribution >= 4 is 11.9 Å². The topological polar surface area (TPSA) is 70.2 Å². The molecule has 0 aliphatic rings. The van der Waals surface area contributed by atoms with E-state index in [9.17, 15) is 22.8 Å². The average molecular weight is 345 g/mol. The van der Waals surface area contributed by atoms with Gasteiger partial charge in [0, 0.05) is 5.54 Å². The normalized spacial score (nSPS) is 13.1. The molecule has 1 rings (SSSR count). The number of carbonyl (C=O) groups excluding carboxylic acids is 2. The number of hydrogen-bond acceptors (Lipinski definition) is 2. The van der Waals surface area contributed by atoms with Gasteiger partial charge in [-0.2, -0.15) is 13.2 Å². The molecule has 3 N–H and O–H groups in total. The summed E-state index contributed by atoms with van der Waals surface area (Å²) in [5, 5.41) is 7.65. The van der Waals surface area contributed by atoms with Crippen LogP contribution in [0.1, 0.15) is 44.9 Å². The molecule has 0 aromatic heterocycles. The van der Waals surface area contributed by atoms with Crippen molar-refractivity contribution in [1.29, 1.82) is 0 Å². The number of urea groups is 1. The van der Waals surface area contributed by atoms with Gasteiger partial charge in [-0.15, -0.1) is 0 Å². The molecule has 8 heteroatoms. The molecule has 0 aliphatic heterocycles. The first kappa shape index (κ1) is 19.8. The van der Waals surface area contributed by atoms with Crippen molar-refractivity contribution in [3.05, 3.63) is 35.4 Å². The van der Waals surface area contributed by atoms with Crippen molar-refractivity contribution in [3.8, 4) is 0 Å². The third kappa shape index (κ3) is 6.89. The molecule has 0 saturated heterocycles. The number of carbonyl (C=O) groups is 2. The highest BCUT2D eigenvalue weighted by atomic mass is 19.4. The lowest BCUT2D eigenvalue weighted by Gasteiger charge is -2.21. The van der Waals surface area contributed by atoms with E-state index in [2.05, 4.69) is 16.0 Å². The summed E-state index contributed by atoms with van der Waals surface area (Å²) in [6.45, 7) is 6.90. The Morgan fingerprint density at radius 2 is 1.62 bits per heavy atom. The van der Waals surface area contributed by atoms with Gasteiger partial charge in [0.15, 0.2) is 0 Å². The minimum atomic E-state index is -4.40. The van der Waals surface area contributed by atoms with Crippen molar-refractivity contribution in [1.82, 2.24) is 16.0 Å². The summed E-state index contributed by atoms with van der Waals surface area (Å²) >= 11 is 0. The Hall–Kier alpha value is -2.25. The minimum Gasteiger partial charge on any atom is -0.350 e. The smallest absolute Gasteiger partial charge is 0.350 e. The molecule has 134 valence electrons. The van der Waals surface area contributed by atoms with Crippen molar-refractivity contribution in [2.75, 3.05) is 6.54 Å². The fraction of sp³-hybridized carbons (Fsp3) is 0.500. The molecule has 0 aliphatic carbocycles. The molecular formula is C16H22F3N3O2. The molecule has 1 aromatic rings. The second-order valence-electron chi connectivity index (χ2n) is 6.47. The fourth-order valence-corrected chi connectivity index (χ4v) is 1.91. The first-order chi connectivity index (χ1) is 10.9. The van der Waals surface area contributed by atoms with Gasteiger partial charge in [0.25, 0.3) is 0 Å². The first-order valence-corrected chi connectivity index (χ1v) is 7.41. The van der Waals surface area contributed by atoms with Gasteiger partial charge in [-0.3, -0.25) is 4.79 Å². The molecule has 3 amide bonds. The lowest BCUT2D eigenvalue weighted by molar-refractivity contribution is -0.137. The van der Waals surface area contributed by atoms with Gasteiger partial charge >= 0.3 is 12.2 Å². The number of halogens is 3. The average Bonchev–Trinajstić information content (AvgIpc) is 2.42. The summed E-state index contributed by atoms with van der Waals surface area (Å²) in [6, 6.07) is 3.45. The SMILES string of the molecule is C[C@H](NC(=O)NCC(=O)NC(C)(C)C)c1ccc(C(F)(F)F)cc1. The number of rotatable bonds is 4. The van der Waals surface area contributed by atoms with Crippen molar-refractivity contribution in [3.63, 3.8) is 0 Å². The van der Waals surface area contributed by atoms with Gasteiger partial charge < -0.3 is 16.0 Å². The summed E-state index contributed by atoms with van der Waals surface area (Å²) in [5.74, 6) is -0.333. The van der Waals surface area contributed by atoms with Crippen molar-refractivity contribution in [2.24, 2.45) is 0 Å². The van der Waals surface area contributed by atoms with E-state index in [1.807, 2.05) is 20.8 Å². The number of benzene rings is 1. The van der Waals surface area contributed by atoms with Gasteiger partial charge in [-0.1, -0.05) is 12.1 Å². The van der Waals surface area contributed by atoms with Crippen LogP contribution in [0.25, 0.3) is 0 Å². The Labute approximate surface area is 139 Å². The lowest BCUT2D eigenvalue weighted by atomic mass is 10.1. The Morgan fingerprint density at radius 3 is 2.08 bits per heavy atom. The zero-order valence-electron chi connectivity index (χ0n) is 14.0. The summed E-state index contributed by atoms with van der Waals surface area (Å²) in [7, 11) is 0. The van der Waals surface area contributed by atoms with Crippen LogP contribution in [0.5, 0.6) is 0 Å². The Balaban J connectivity index is 2.51. The van der Waals surface area contributed by atoms with E-state index in [-0.39, 0.29) is 12.5 Å². The van der Waals surface area contributed by atoms with Crippen LogP contribution in [0.4, 0.5) is 18.0 Å². The molecule has 0 unspecified atom stereocenters. The molecule has 0 radical (unpaired) electrons. The fourth-order valence-electron chi connectivity index (χ4n) is 1.91. The minimum absolute atomic E-state index is 0.192. The van der Waals surface area contributed by atoms with E-state index in [1.165, 1.54) is 12.1 Å². The second-order valence-corrected chi connectivity index (χ2v) is 6.47. The summed E-state index contributed by atoms with van der Waals surface area (Å²) < 4.78 is 37.5. The van der Waals surface area contributed by atoms with E-state index in [0.717, 1.165) is 12.1 Å². The summed E-state index contributed by atoms with van der Waals surface area (Å²) in [5.41, 5.74) is -0.623. The molecule has 0 fully saturated rings. The third-order valence-electron chi connectivity index (χ3n) is 3.01. The highest BCUT2D eigenvalue weighted by Gasteiger charge is 2.30. The second kappa shape index (κ2) is 7.55. The first-order valence-electron chi connectivity index (χ1n) is 7.41. The summed E-state index contributed by atoms with van der Waals surface area (Å²) in [6.07, 6.45) is -4.40. The Bertz CT molecular complexity index is 578. The van der Waals surface area contributed by atoms with Crippen LogP contribution >= 0.6 is 0 Å². The van der Waals surface area contributed by atoms with Gasteiger partial charge in [-0.05, 0) is 45.4 Å². The van der Waals surface area contributed by atoms with Gasteiger partial charge in [0.2, 0.25) is 5.91 Å². The van der Waals surface area contributed by atoms with Crippen LogP contribution in [0, 0.1) is 0 Å². The molecule has 5 nitrogen and oxygen atoms in total. The van der Waals surface area contributed by atoms with E-state index in [4.69, 9.17) is 0 Å². The Morgan fingerprint density at radius 1 is 1.08 bits per heavy atom. The predicted octanol–water partition coefficient (Wildman–Crippen LogP) is 2.98. The van der Waals surface area contributed by atoms with Crippen LogP contribution in [-0.4, -0.2) is 24.0 Å². The van der Waals surface area contributed by atoms with Gasteiger partial charge in [0.05, 0.1) is 18.2 Å². The van der Waals surface area contributed by atoms with Gasteiger partial charge in [-0.25, -0.2) is 4.79 Å². The lowest BCUT2D eigenvalue weighted by Crippen LogP contribution is -2.47. The quantitative estimate of drug-likeness (QED) is 0.785. The van der Waals surface area contributed by atoms with Crippen molar-refractivity contribution in [2.45, 2.75) is 45.5 Å². The maximum atomic E-state index is 12.5. The molecule has 0 heterocycles. The zero-order valence-corrected chi connectivity index (χ0v) is 14.0. The van der Waals surface area contributed by atoms with E-state index >= 15 is 0 Å². The van der Waals surface area contributed by atoms with Gasteiger partial charge in [0.1, 0.15) is 0 Å². The Kier molecular flexibility index (Phi) is 6.22. The largest absolute Gasteiger partial charge is 0.416 e. The maximum absolute atomic E-state index is 12.5. The predicted molar refractivity (Wildman–Crippen MR) is 84.3 cm³/mol.